The zero-order chi connectivity index (χ0) is 26.2. The predicted molar refractivity (Wildman–Crippen MR) is 141 cm³/mol. The molecule has 4 rings (SSSR count). The average Bonchev–Trinajstić information content (AvgIpc) is 2.89. The van der Waals surface area contributed by atoms with Crippen molar-refractivity contribution in [2.75, 3.05) is 11.5 Å². The quantitative estimate of drug-likeness (QED) is 0.167. The zero-order valence-electron chi connectivity index (χ0n) is 20.3. The molecule has 0 aliphatic heterocycles. The molecule has 7 heteroatoms. The Bertz CT molecular complexity index is 1390. The summed E-state index contributed by atoms with van der Waals surface area (Å²) in [5.41, 5.74) is 3.34. The van der Waals surface area contributed by atoms with Crippen molar-refractivity contribution in [2.45, 2.75) is 20.0 Å². The molecular formula is C30H26F2N2O3. The number of nitrogens with zero attached hydrogens (tertiary/aromatic N) is 2. The van der Waals surface area contributed by atoms with Gasteiger partial charge < -0.3 is 9.64 Å². The van der Waals surface area contributed by atoms with E-state index >= 15 is 0 Å². The Morgan fingerprint density at radius 1 is 0.919 bits per heavy atom. The molecule has 0 unspecified atom stereocenters. The van der Waals surface area contributed by atoms with Crippen molar-refractivity contribution in [2.24, 2.45) is 0 Å². The summed E-state index contributed by atoms with van der Waals surface area (Å²) in [6.45, 7) is 2.54. The summed E-state index contributed by atoms with van der Waals surface area (Å²) in [5.74, 6) is -0.627. The summed E-state index contributed by atoms with van der Waals surface area (Å²) in [5, 5.41) is 11.5. The first kappa shape index (κ1) is 25.6. The van der Waals surface area contributed by atoms with Crippen molar-refractivity contribution < 1.29 is 18.4 Å². The molecule has 188 valence electrons. The smallest absolute Gasteiger partial charge is 0.274 e. The van der Waals surface area contributed by atoms with Crippen LogP contribution in [-0.4, -0.2) is 11.5 Å². The second kappa shape index (κ2) is 11.9. The van der Waals surface area contributed by atoms with E-state index in [1.807, 2.05) is 71.6 Å². The lowest BCUT2D eigenvalue weighted by atomic mass is 10.1. The number of rotatable bonds is 10. The fourth-order valence-electron chi connectivity index (χ4n) is 4.04. The van der Waals surface area contributed by atoms with Crippen LogP contribution in [0.1, 0.15) is 22.3 Å². The molecule has 0 bridgehead atoms. The molecule has 0 amide bonds. The van der Waals surface area contributed by atoms with Crippen molar-refractivity contribution >= 4 is 17.5 Å². The number of nitro groups is 1. The van der Waals surface area contributed by atoms with Crippen LogP contribution in [0.25, 0.3) is 6.08 Å². The fourth-order valence-corrected chi connectivity index (χ4v) is 4.04. The fraction of sp³-hybridized carbons (Fsp3) is 0.133. The second-order valence-electron chi connectivity index (χ2n) is 8.54. The topological polar surface area (TPSA) is 55.6 Å². The first-order valence-electron chi connectivity index (χ1n) is 11.8. The Hall–Kier alpha value is -4.52. The first-order chi connectivity index (χ1) is 17.9. The first-order valence-corrected chi connectivity index (χ1v) is 11.8. The Labute approximate surface area is 214 Å². The molecule has 37 heavy (non-hydrogen) atoms. The van der Waals surface area contributed by atoms with Crippen molar-refractivity contribution in [3.63, 3.8) is 0 Å². The lowest BCUT2D eigenvalue weighted by Crippen LogP contribution is -2.24. The van der Waals surface area contributed by atoms with Gasteiger partial charge in [0.1, 0.15) is 24.0 Å². The van der Waals surface area contributed by atoms with Gasteiger partial charge in [-0.3, -0.25) is 10.1 Å². The van der Waals surface area contributed by atoms with Crippen LogP contribution in [0.4, 0.5) is 20.2 Å². The molecule has 5 nitrogen and oxygen atoms in total. The lowest BCUT2D eigenvalue weighted by Gasteiger charge is -2.27. The number of hydrogen-bond donors (Lipinski definition) is 0. The van der Waals surface area contributed by atoms with Crippen molar-refractivity contribution in [1.29, 1.82) is 0 Å². The minimum atomic E-state index is -0.666. The van der Waals surface area contributed by atoms with Gasteiger partial charge in [-0.15, -0.1) is 0 Å². The lowest BCUT2D eigenvalue weighted by molar-refractivity contribution is -0.385. The van der Waals surface area contributed by atoms with Crippen LogP contribution in [0.15, 0.2) is 97.1 Å². The highest BCUT2D eigenvalue weighted by Crippen LogP contribution is 2.31. The number of nitro benzene ring substituents is 1. The van der Waals surface area contributed by atoms with Crippen LogP contribution >= 0.6 is 0 Å². The van der Waals surface area contributed by atoms with E-state index in [0.29, 0.717) is 30.2 Å². The molecule has 0 spiro atoms. The van der Waals surface area contributed by atoms with Crippen LogP contribution in [0.5, 0.6) is 5.75 Å². The summed E-state index contributed by atoms with van der Waals surface area (Å²) in [6, 6.07) is 25.7. The Morgan fingerprint density at radius 3 is 2.38 bits per heavy atom. The van der Waals surface area contributed by atoms with Gasteiger partial charge in [-0.2, -0.15) is 0 Å². The molecule has 0 aliphatic carbocycles. The van der Waals surface area contributed by atoms with Gasteiger partial charge in [0.25, 0.3) is 5.69 Å². The van der Waals surface area contributed by atoms with Gasteiger partial charge in [0.2, 0.25) is 0 Å². The maximum absolute atomic E-state index is 14.5. The van der Waals surface area contributed by atoms with Gasteiger partial charge in [0, 0.05) is 36.5 Å². The van der Waals surface area contributed by atoms with Gasteiger partial charge in [0.05, 0.1) is 10.5 Å². The molecule has 0 aliphatic rings. The van der Waals surface area contributed by atoms with Crippen LogP contribution in [0, 0.1) is 28.7 Å². The summed E-state index contributed by atoms with van der Waals surface area (Å²) in [7, 11) is 0. The second-order valence-corrected chi connectivity index (χ2v) is 8.54. The Morgan fingerprint density at radius 2 is 1.68 bits per heavy atom. The largest absolute Gasteiger partial charge is 0.490 e. The molecular weight excluding hydrogens is 474 g/mol. The van der Waals surface area contributed by atoms with Gasteiger partial charge >= 0.3 is 0 Å². The highest BCUT2D eigenvalue weighted by atomic mass is 19.1. The van der Waals surface area contributed by atoms with Crippen LogP contribution in [0.2, 0.25) is 0 Å². The predicted octanol–water partition coefficient (Wildman–Crippen LogP) is 7.48. The number of anilines is 1. The molecule has 0 heterocycles. The third-order valence-electron chi connectivity index (χ3n) is 5.94. The summed E-state index contributed by atoms with van der Waals surface area (Å²) < 4.78 is 33.7. The van der Waals surface area contributed by atoms with Crippen molar-refractivity contribution in [3.8, 4) is 5.75 Å². The number of ether oxygens (including phenoxy) is 1. The number of benzene rings is 4. The molecule has 0 aromatic heterocycles. The summed E-state index contributed by atoms with van der Waals surface area (Å²) >= 11 is 0. The van der Waals surface area contributed by atoms with E-state index in [1.54, 1.807) is 19.1 Å². The van der Waals surface area contributed by atoms with E-state index < -0.39 is 16.6 Å². The van der Waals surface area contributed by atoms with E-state index in [-0.39, 0.29) is 17.8 Å². The summed E-state index contributed by atoms with van der Waals surface area (Å²) in [4.78, 5) is 12.9. The standard InChI is InChI=1S/C30H26F2N2O3/c1-22-29(10-5-11-30(22)34(35)36)33(21-25-14-15-26(31)19-28(25)32)20-24-12-16-27(17-13-24)37-18-6-9-23-7-3-2-4-8-23/h2-17,19H,18,20-21H2,1H3. The molecule has 0 saturated carbocycles. The normalized spacial score (nSPS) is 11.0. The molecule has 4 aromatic rings. The van der Waals surface area contributed by atoms with E-state index in [2.05, 4.69) is 0 Å². The van der Waals surface area contributed by atoms with Crippen molar-refractivity contribution in [3.05, 3.63) is 141 Å². The highest BCUT2D eigenvalue weighted by molar-refractivity contribution is 5.62. The van der Waals surface area contributed by atoms with Gasteiger partial charge in [0.15, 0.2) is 0 Å². The van der Waals surface area contributed by atoms with Crippen molar-refractivity contribution in [1.82, 2.24) is 0 Å². The van der Waals surface area contributed by atoms with Gasteiger partial charge in [-0.05, 0) is 48.4 Å². The van der Waals surface area contributed by atoms with Crippen LogP contribution in [0.3, 0.4) is 0 Å². The minimum Gasteiger partial charge on any atom is -0.490 e. The minimum absolute atomic E-state index is 0.0191. The van der Waals surface area contributed by atoms with E-state index in [1.165, 1.54) is 18.2 Å². The SMILES string of the molecule is Cc1c(N(Cc2ccc(OCC=Cc3ccccc3)cc2)Cc2ccc(F)cc2F)cccc1[N+](=O)[O-]. The molecule has 0 N–H and O–H groups in total. The molecule has 0 radical (unpaired) electrons. The van der Waals surface area contributed by atoms with Gasteiger partial charge in [-0.1, -0.05) is 60.7 Å². The number of halogens is 2. The molecule has 4 aromatic carbocycles. The van der Waals surface area contributed by atoms with Crippen LogP contribution < -0.4 is 9.64 Å². The Kier molecular flexibility index (Phi) is 8.26. The maximum Gasteiger partial charge on any atom is 0.274 e. The highest BCUT2D eigenvalue weighted by Gasteiger charge is 2.19. The monoisotopic (exact) mass is 500 g/mol. The van der Waals surface area contributed by atoms with E-state index in [4.69, 9.17) is 4.74 Å². The molecule has 0 fully saturated rings. The Balaban J connectivity index is 1.51. The van der Waals surface area contributed by atoms with E-state index in [0.717, 1.165) is 17.2 Å². The number of hydrogen-bond acceptors (Lipinski definition) is 4. The molecule has 0 saturated heterocycles. The average molecular weight is 501 g/mol. The van der Waals surface area contributed by atoms with E-state index in [9.17, 15) is 18.9 Å². The summed E-state index contributed by atoms with van der Waals surface area (Å²) in [6.07, 6.45) is 3.93. The third-order valence-corrected chi connectivity index (χ3v) is 5.94. The van der Waals surface area contributed by atoms with Gasteiger partial charge in [-0.25, -0.2) is 8.78 Å². The molecule has 0 atom stereocenters. The third kappa shape index (κ3) is 6.79. The van der Waals surface area contributed by atoms with Crippen LogP contribution in [-0.2, 0) is 13.1 Å². The maximum atomic E-state index is 14.5. The zero-order valence-corrected chi connectivity index (χ0v) is 20.3.